The molecule has 0 bridgehead atoms. The van der Waals surface area contributed by atoms with Crippen molar-refractivity contribution in [2.24, 2.45) is 0 Å². The van der Waals surface area contributed by atoms with Crippen molar-refractivity contribution in [1.29, 1.82) is 0 Å². The van der Waals surface area contributed by atoms with Crippen LogP contribution in [0.3, 0.4) is 0 Å². The molecule has 1 aliphatic rings. The highest BCUT2D eigenvalue weighted by Gasteiger charge is 2.12. The molecule has 1 aliphatic carbocycles. The fourth-order valence-corrected chi connectivity index (χ4v) is 2.30. The van der Waals surface area contributed by atoms with Crippen LogP contribution in [0.5, 0.6) is 0 Å². The van der Waals surface area contributed by atoms with Gasteiger partial charge in [0.05, 0.1) is 0 Å². The van der Waals surface area contributed by atoms with Crippen molar-refractivity contribution in [3.05, 3.63) is 47.2 Å². The third-order valence-corrected chi connectivity index (χ3v) is 3.13. The zero-order valence-electron chi connectivity index (χ0n) is 8.90. The molecule has 16 heavy (non-hydrogen) atoms. The van der Waals surface area contributed by atoms with E-state index in [2.05, 4.69) is 18.2 Å². The van der Waals surface area contributed by atoms with Gasteiger partial charge in [0, 0.05) is 5.56 Å². The van der Waals surface area contributed by atoms with Crippen molar-refractivity contribution in [1.82, 2.24) is 0 Å². The van der Waals surface area contributed by atoms with Gasteiger partial charge < -0.3 is 4.42 Å². The fraction of sp³-hybridized carbons (Fsp3) is 0.214. The van der Waals surface area contributed by atoms with Crippen LogP contribution in [0.4, 0.5) is 0 Å². The molecule has 0 N–H and O–H groups in total. The van der Waals surface area contributed by atoms with Crippen molar-refractivity contribution in [3.8, 4) is 11.3 Å². The molecule has 2 heteroatoms. The summed E-state index contributed by atoms with van der Waals surface area (Å²) in [5.41, 5.74) is 3.93. The Balaban J connectivity index is 2.03. The van der Waals surface area contributed by atoms with Gasteiger partial charge in [0.25, 0.3) is 0 Å². The minimum atomic E-state index is 0.385. The zero-order chi connectivity index (χ0) is 11.0. The smallest absolute Gasteiger partial charge is 0.185 e. The Morgan fingerprint density at radius 3 is 2.75 bits per heavy atom. The molecule has 0 aliphatic heterocycles. The molecule has 0 saturated carbocycles. The summed E-state index contributed by atoms with van der Waals surface area (Å²) in [6, 6.07) is 9.96. The van der Waals surface area contributed by atoms with Crippen LogP contribution in [-0.4, -0.2) is 6.29 Å². The molecule has 0 radical (unpaired) electrons. The molecule has 80 valence electrons. The summed E-state index contributed by atoms with van der Waals surface area (Å²) < 4.78 is 5.41. The van der Waals surface area contributed by atoms with Gasteiger partial charge in [-0.05, 0) is 48.6 Å². The lowest BCUT2D eigenvalue weighted by atomic mass is 10.1. The first-order valence-electron chi connectivity index (χ1n) is 5.54. The van der Waals surface area contributed by atoms with E-state index in [-0.39, 0.29) is 0 Å². The van der Waals surface area contributed by atoms with Crippen LogP contribution in [0.25, 0.3) is 11.3 Å². The van der Waals surface area contributed by atoms with E-state index in [9.17, 15) is 4.79 Å². The second-order valence-corrected chi connectivity index (χ2v) is 4.16. The summed E-state index contributed by atoms with van der Waals surface area (Å²) in [5.74, 6) is 1.16. The summed E-state index contributed by atoms with van der Waals surface area (Å²) in [7, 11) is 0. The number of aldehydes is 1. The van der Waals surface area contributed by atoms with Gasteiger partial charge in [0.2, 0.25) is 0 Å². The molecule has 0 unspecified atom stereocenters. The number of hydrogen-bond acceptors (Lipinski definition) is 2. The molecule has 2 aromatic rings. The highest BCUT2D eigenvalue weighted by atomic mass is 16.3. The summed E-state index contributed by atoms with van der Waals surface area (Å²) in [4.78, 5) is 10.5. The van der Waals surface area contributed by atoms with E-state index >= 15 is 0 Å². The minimum Gasteiger partial charge on any atom is -0.453 e. The first-order valence-corrected chi connectivity index (χ1v) is 5.54. The lowest BCUT2D eigenvalue weighted by Gasteiger charge is -2.01. The quantitative estimate of drug-likeness (QED) is 0.715. The van der Waals surface area contributed by atoms with Crippen LogP contribution in [0, 0.1) is 0 Å². The van der Waals surface area contributed by atoms with Gasteiger partial charge in [-0.15, -0.1) is 0 Å². The Hall–Kier alpha value is -1.83. The van der Waals surface area contributed by atoms with E-state index in [1.165, 1.54) is 24.0 Å². The topological polar surface area (TPSA) is 30.2 Å². The number of benzene rings is 1. The number of carbonyl (C=O) groups excluding carboxylic acids is 1. The second-order valence-electron chi connectivity index (χ2n) is 4.16. The monoisotopic (exact) mass is 212 g/mol. The van der Waals surface area contributed by atoms with Crippen molar-refractivity contribution < 1.29 is 9.21 Å². The molecule has 2 nitrogen and oxygen atoms in total. The van der Waals surface area contributed by atoms with Crippen LogP contribution in [0.2, 0.25) is 0 Å². The summed E-state index contributed by atoms with van der Waals surface area (Å²) in [5, 5.41) is 0. The third kappa shape index (κ3) is 1.47. The predicted octanol–water partition coefficient (Wildman–Crippen LogP) is 3.25. The molecule has 0 amide bonds. The number of carbonyl (C=O) groups is 1. The Morgan fingerprint density at radius 2 is 1.94 bits per heavy atom. The van der Waals surface area contributed by atoms with Crippen LogP contribution < -0.4 is 0 Å². The maximum Gasteiger partial charge on any atom is 0.185 e. The lowest BCUT2D eigenvalue weighted by Crippen LogP contribution is -1.83. The highest BCUT2D eigenvalue weighted by molar-refractivity contribution is 5.73. The maximum absolute atomic E-state index is 10.5. The molecule has 0 spiro atoms. The first-order chi connectivity index (χ1) is 7.86. The lowest BCUT2D eigenvalue weighted by molar-refractivity contribution is 0.110. The van der Waals surface area contributed by atoms with Crippen LogP contribution in [0.1, 0.15) is 28.1 Å². The summed E-state index contributed by atoms with van der Waals surface area (Å²) in [6.45, 7) is 0. The van der Waals surface area contributed by atoms with E-state index in [1.807, 2.05) is 6.07 Å². The van der Waals surface area contributed by atoms with E-state index in [0.29, 0.717) is 5.76 Å². The predicted molar refractivity (Wildman–Crippen MR) is 61.6 cm³/mol. The van der Waals surface area contributed by atoms with Gasteiger partial charge in [0.15, 0.2) is 12.0 Å². The molecular weight excluding hydrogens is 200 g/mol. The number of furan rings is 1. The molecule has 1 aromatic heterocycles. The molecule has 1 aromatic carbocycles. The van der Waals surface area contributed by atoms with Gasteiger partial charge in [-0.3, -0.25) is 4.79 Å². The average molecular weight is 212 g/mol. The van der Waals surface area contributed by atoms with Gasteiger partial charge >= 0.3 is 0 Å². The van der Waals surface area contributed by atoms with Crippen LogP contribution >= 0.6 is 0 Å². The Morgan fingerprint density at radius 1 is 1.06 bits per heavy atom. The highest BCUT2D eigenvalue weighted by Crippen LogP contribution is 2.28. The van der Waals surface area contributed by atoms with Crippen molar-refractivity contribution in [2.75, 3.05) is 0 Å². The second kappa shape index (κ2) is 3.63. The zero-order valence-corrected chi connectivity index (χ0v) is 8.90. The van der Waals surface area contributed by atoms with Crippen LogP contribution in [-0.2, 0) is 12.8 Å². The Bertz CT molecular complexity index is 537. The van der Waals surface area contributed by atoms with E-state index < -0.39 is 0 Å². The molecule has 1 heterocycles. The molecule has 0 saturated heterocycles. The largest absolute Gasteiger partial charge is 0.453 e. The summed E-state index contributed by atoms with van der Waals surface area (Å²) >= 11 is 0. The average Bonchev–Trinajstić information content (AvgIpc) is 2.96. The molecule has 3 rings (SSSR count). The molecule has 0 atom stereocenters. The normalized spacial score (nSPS) is 13.8. The van der Waals surface area contributed by atoms with E-state index in [1.54, 1.807) is 6.07 Å². The fourth-order valence-electron chi connectivity index (χ4n) is 2.30. The minimum absolute atomic E-state index is 0.385. The number of fused-ring (bicyclic) bond motifs is 1. The standard InChI is InChI=1S/C14H12O2/c15-9-13-6-7-14(16-13)12-5-4-10-2-1-3-11(10)8-12/h4-9H,1-3H2. The number of rotatable bonds is 2. The van der Waals surface area contributed by atoms with Crippen molar-refractivity contribution >= 4 is 6.29 Å². The van der Waals surface area contributed by atoms with Gasteiger partial charge in [-0.25, -0.2) is 0 Å². The SMILES string of the molecule is O=Cc1ccc(-c2ccc3c(c2)CCC3)o1. The van der Waals surface area contributed by atoms with Gasteiger partial charge in [-0.2, -0.15) is 0 Å². The van der Waals surface area contributed by atoms with Crippen LogP contribution in [0.15, 0.2) is 34.7 Å². The third-order valence-electron chi connectivity index (χ3n) is 3.13. The number of hydrogen-bond donors (Lipinski definition) is 0. The first kappa shape index (κ1) is 9.40. The van der Waals surface area contributed by atoms with Gasteiger partial charge in [0.1, 0.15) is 5.76 Å². The number of aryl methyl sites for hydroxylation is 2. The van der Waals surface area contributed by atoms with Crippen molar-refractivity contribution in [2.45, 2.75) is 19.3 Å². The van der Waals surface area contributed by atoms with E-state index in [0.717, 1.165) is 24.0 Å². The molecular formula is C14H12O2. The maximum atomic E-state index is 10.5. The van der Waals surface area contributed by atoms with Gasteiger partial charge in [-0.1, -0.05) is 12.1 Å². The van der Waals surface area contributed by atoms with Crippen molar-refractivity contribution in [3.63, 3.8) is 0 Å². The molecule has 0 fully saturated rings. The summed E-state index contributed by atoms with van der Waals surface area (Å²) in [6.07, 6.45) is 4.32. The Labute approximate surface area is 93.9 Å². The van der Waals surface area contributed by atoms with E-state index in [4.69, 9.17) is 4.42 Å². The Kier molecular flexibility index (Phi) is 2.13.